The third-order valence-electron chi connectivity index (χ3n) is 24.3. The highest BCUT2D eigenvalue weighted by atomic mass is 16.5. The molecule has 0 saturated heterocycles. The molecule has 0 spiro atoms. The molecule has 0 N–H and O–H groups in total. The van der Waals surface area contributed by atoms with Crippen LogP contribution >= 0.6 is 0 Å². The van der Waals surface area contributed by atoms with Gasteiger partial charge in [-0.1, -0.05) is 289 Å². The van der Waals surface area contributed by atoms with E-state index in [1.807, 2.05) is 97.1 Å². The minimum atomic E-state index is -0.537. The van der Waals surface area contributed by atoms with E-state index in [4.69, 9.17) is 18.9 Å². The Kier molecular flexibility index (Phi) is 24.4. The Morgan fingerprint density at radius 2 is 0.458 bits per heavy atom. The minimum Gasteiger partial charge on any atom is -0.457 e. The quantitative estimate of drug-likeness (QED) is 0.0177. The van der Waals surface area contributed by atoms with Crippen LogP contribution in [0.1, 0.15) is 330 Å². The monoisotopic (exact) mass is 1580 g/mol. The largest absolute Gasteiger partial charge is 0.457 e. The summed E-state index contributed by atoms with van der Waals surface area (Å²) in [6.07, 6.45) is 19.4. The predicted molar refractivity (Wildman–Crippen MR) is 491 cm³/mol. The van der Waals surface area contributed by atoms with Crippen molar-refractivity contribution in [2.24, 2.45) is 21.7 Å². The molecule has 10 nitrogen and oxygen atoms in total. The molecule has 620 valence electrons. The number of carbonyl (C=O) groups is 4. The lowest BCUT2D eigenvalue weighted by Crippen LogP contribution is -2.40. The topological polar surface area (TPSA) is 112 Å². The van der Waals surface area contributed by atoms with Gasteiger partial charge in [0.25, 0.3) is 23.6 Å². The second-order valence-electron chi connectivity index (χ2n) is 41.9. The third kappa shape index (κ3) is 18.8. The van der Waals surface area contributed by atoms with E-state index < -0.39 is 23.6 Å². The highest BCUT2D eigenvalue weighted by molar-refractivity contribution is 6.48. The molecule has 11 aromatic rings. The van der Waals surface area contributed by atoms with Gasteiger partial charge in [0, 0.05) is 43.1 Å². The summed E-state index contributed by atoms with van der Waals surface area (Å²) in [5.74, 6) is 0.847. The first-order valence-corrected chi connectivity index (χ1v) is 44.0. The van der Waals surface area contributed by atoms with Crippen molar-refractivity contribution in [1.82, 2.24) is 0 Å². The third-order valence-corrected chi connectivity index (χ3v) is 24.3. The summed E-state index contributed by atoms with van der Waals surface area (Å²) in [4.78, 5) is 68.7. The van der Waals surface area contributed by atoms with Crippen LogP contribution in [0.5, 0.6) is 46.0 Å². The number of rotatable bonds is 32. The summed E-state index contributed by atoms with van der Waals surface area (Å²) in [5, 5.41) is 3.50. The number of ether oxygens (including phenoxy) is 4. The maximum absolute atomic E-state index is 16.5. The van der Waals surface area contributed by atoms with Crippen molar-refractivity contribution in [3.63, 3.8) is 0 Å². The van der Waals surface area contributed by atoms with E-state index in [1.54, 1.807) is 24.3 Å². The van der Waals surface area contributed by atoms with Crippen LogP contribution in [0.4, 0.5) is 11.4 Å². The molecule has 4 amide bonds. The highest BCUT2D eigenvalue weighted by Gasteiger charge is 2.44. The van der Waals surface area contributed by atoms with Gasteiger partial charge in [0.2, 0.25) is 0 Å². The van der Waals surface area contributed by atoms with Gasteiger partial charge in [0.05, 0.1) is 33.6 Å². The molecule has 0 bridgehead atoms. The number of imide groups is 2. The number of hydrogen-bond acceptors (Lipinski definition) is 8. The molecule has 0 aromatic heterocycles. The first-order valence-electron chi connectivity index (χ1n) is 44.0. The molecule has 2 aliphatic rings. The van der Waals surface area contributed by atoms with Crippen molar-refractivity contribution in [2.75, 3.05) is 9.80 Å². The molecule has 0 atom stereocenters. The molecule has 2 aliphatic heterocycles. The number of fused-ring (bicyclic) bond motifs is 2. The van der Waals surface area contributed by atoms with Crippen molar-refractivity contribution in [3.05, 3.63) is 225 Å². The van der Waals surface area contributed by atoms with Gasteiger partial charge < -0.3 is 18.9 Å². The average molecular weight is 1580 g/mol. The van der Waals surface area contributed by atoms with E-state index >= 15 is 19.2 Å². The molecule has 10 heteroatoms. The van der Waals surface area contributed by atoms with Crippen LogP contribution in [0.3, 0.4) is 0 Å². The first-order chi connectivity index (χ1) is 55.5. The maximum atomic E-state index is 16.5. The summed E-state index contributed by atoms with van der Waals surface area (Å²) in [5.41, 5.74) is 7.79. The molecule has 0 unspecified atom stereocenters. The Labute approximate surface area is 704 Å². The van der Waals surface area contributed by atoms with Gasteiger partial charge >= 0.3 is 0 Å². The number of unbranched alkanes of at least 4 members (excludes halogenated alkanes) is 10. The van der Waals surface area contributed by atoms with Gasteiger partial charge in [0.1, 0.15) is 46.0 Å². The lowest BCUT2D eigenvalue weighted by molar-refractivity contribution is 0.0877. The molecule has 0 radical (unpaired) electrons. The van der Waals surface area contributed by atoms with Crippen molar-refractivity contribution < 1.29 is 38.1 Å². The Hall–Kier alpha value is -9.80. The SMILES string of the molecule is CCCCCCCCc1ccc(N2C(=O)c3cc(Oc4ccc(C(C)(C)CC(C)(C)C)cc4)c4c5c(Oc6ccc(C(C)(C)CC(C)(C)C)cc6)cc6c7c(cc(Oc8ccc(C(C)(C)CC(C)(C)C)cc8)c(c8c(Oc9ccc(C(C)(C)CC(C)(C)C)cc9)cc(c3c48)C2=O)c75)C(=O)N(c2ccc(CCCCCCCC)cc2)C6=O)cc1. The summed E-state index contributed by atoms with van der Waals surface area (Å²) in [7, 11) is 0. The van der Waals surface area contributed by atoms with Gasteiger partial charge in [-0.05, 0) is 225 Å². The molecule has 118 heavy (non-hydrogen) atoms. The number of carbonyl (C=O) groups excluding carboxylic acids is 4. The predicted octanol–water partition coefficient (Wildman–Crippen LogP) is 31.2. The minimum absolute atomic E-state index is 0.0312. The van der Waals surface area contributed by atoms with E-state index in [9.17, 15) is 0 Å². The van der Waals surface area contributed by atoms with E-state index in [0.29, 0.717) is 77.5 Å². The van der Waals surface area contributed by atoms with Crippen LogP contribution in [0.2, 0.25) is 0 Å². The van der Waals surface area contributed by atoms with Crippen molar-refractivity contribution in [1.29, 1.82) is 0 Å². The van der Waals surface area contributed by atoms with E-state index in [0.717, 1.165) is 97.6 Å². The zero-order valence-corrected chi connectivity index (χ0v) is 75.1. The standard InChI is InChI=1S/C108H130N2O8/c1-23-25-27-29-31-33-35-69-37-49-75(50-38-69)109-97(111)81-61-85(115-77-53-41-71(42-54-77)105(15,16)65-101(3,4)5)91-93-87(117-79-57-45-73(46-58-79)107(19,20)67-103(9,10)11)63-83-90-84(100(114)110(99(83)113)76-51-39-70(40-52-76)36-34-32-30-28-26-24-2)64-88(118-80-59-47-74(48-60-80)108(21,22)68-104(12,13)14)94(96(90)93)92-86(62-82(98(109)112)89(81)95(91)92)116-78-55-43-72(44-56-78)106(17,18)66-102(6,7)8/h37-64H,23-36,65-68H2,1-22H3. The Bertz CT molecular complexity index is 4880. The zero-order chi connectivity index (χ0) is 85.0. The molecule has 0 aliphatic carbocycles. The summed E-state index contributed by atoms with van der Waals surface area (Å²) in [6, 6.07) is 55.8. The lowest BCUT2D eigenvalue weighted by Gasteiger charge is -2.33. The zero-order valence-electron chi connectivity index (χ0n) is 75.1. The van der Waals surface area contributed by atoms with Crippen molar-refractivity contribution in [2.45, 2.75) is 290 Å². The number of anilines is 2. The number of amides is 4. The Morgan fingerprint density at radius 3 is 0.669 bits per heavy atom. The second-order valence-corrected chi connectivity index (χ2v) is 41.9. The van der Waals surface area contributed by atoms with E-state index in [1.165, 1.54) is 61.2 Å². The lowest BCUT2D eigenvalue weighted by atomic mass is 9.72. The Balaban J connectivity index is 1.15. The molecular weight excluding hydrogens is 1450 g/mol. The fourth-order valence-electron chi connectivity index (χ4n) is 20.3. The van der Waals surface area contributed by atoms with Crippen LogP contribution in [0.15, 0.2) is 170 Å². The number of benzene rings is 11. The fourth-order valence-corrected chi connectivity index (χ4v) is 20.3. The average Bonchev–Trinajstić information content (AvgIpc) is 0.669. The molecule has 2 heterocycles. The molecule has 13 rings (SSSR count). The summed E-state index contributed by atoms with van der Waals surface area (Å²) < 4.78 is 30.4. The summed E-state index contributed by atoms with van der Waals surface area (Å²) >= 11 is 0. The molecular formula is C108H130N2O8. The van der Waals surface area contributed by atoms with Crippen LogP contribution < -0.4 is 28.7 Å². The molecule has 0 fully saturated rings. The van der Waals surface area contributed by atoms with Gasteiger partial charge in [-0.15, -0.1) is 0 Å². The van der Waals surface area contributed by atoms with Crippen LogP contribution in [-0.2, 0) is 34.5 Å². The van der Waals surface area contributed by atoms with Gasteiger partial charge in [-0.25, -0.2) is 9.80 Å². The van der Waals surface area contributed by atoms with Gasteiger partial charge in [-0.3, -0.25) is 19.2 Å². The van der Waals surface area contributed by atoms with Gasteiger partial charge in [0.15, 0.2) is 0 Å². The fraction of sp³-hybridized carbons (Fsp3) is 0.444. The number of hydrogen-bond donors (Lipinski definition) is 0. The Morgan fingerprint density at radius 1 is 0.246 bits per heavy atom. The number of aryl methyl sites for hydroxylation is 2. The summed E-state index contributed by atoms with van der Waals surface area (Å²) in [6.45, 7) is 49.9. The number of nitrogens with zero attached hydrogens (tertiary/aromatic N) is 2. The van der Waals surface area contributed by atoms with Crippen molar-refractivity contribution >= 4 is 78.1 Å². The van der Waals surface area contributed by atoms with E-state index in [2.05, 4.69) is 201 Å². The van der Waals surface area contributed by atoms with Gasteiger partial charge in [-0.2, -0.15) is 0 Å². The van der Waals surface area contributed by atoms with Crippen LogP contribution in [0, 0.1) is 21.7 Å². The second kappa shape index (κ2) is 33.4. The van der Waals surface area contributed by atoms with Crippen molar-refractivity contribution in [3.8, 4) is 46.0 Å². The van der Waals surface area contributed by atoms with E-state index in [-0.39, 0.29) is 88.6 Å². The smallest absolute Gasteiger partial charge is 0.266 e. The normalized spacial score (nSPS) is 14.0. The molecule has 0 saturated carbocycles. The van der Waals surface area contributed by atoms with Crippen LogP contribution in [-0.4, -0.2) is 23.6 Å². The molecule has 11 aromatic carbocycles. The first kappa shape index (κ1) is 86.1. The highest BCUT2D eigenvalue weighted by Crippen LogP contribution is 2.59. The van der Waals surface area contributed by atoms with Crippen LogP contribution in [0.25, 0.3) is 43.1 Å². The maximum Gasteiger partial charge on any atom is 0.266 e.